The van der Waals surface area contributed by atoms with Gasteiger partial charge in [-0.25, -0.2) is 0 Å². The van der Waals surface area contributed by atoms with E-state index in [1.807, 2.05) is 18.3 Å². The highest BCUT2D eigenvalue weighted by Gasteiger charge is 1.98. The van der Waals surface area contributed by atoms with Crippen molar-refractivity contribution in [3.05, 3.63) is 60.3 Å². The minimum Gasteiger partial charge on any atom is -0.256 e. The quantitative estimate of drug-likeness (QED) is 0.745. The van der Waals surface area contributed by atoms with Crippen molar-refractivity contribution in [3.8, 4) is 11.3 Å². The summed E-state index contributed by atoms with van der Waals surface area (Å²) in [4.78, 5) is 4.40. The SMILES string of the molecule is C=Cc1ccc(-c2ccc(CC)cc2)nc1. The average Bonchev–Trinajstić information content (AvgIpc) is 2.39. The van der Waals surface area contributed by atoms with E-state index in [0.29, 0.717) is 0 Å². The zero-order valence-corrected chi connectivity index (χ0v) is 9.48. The number of hydrogen-bond acceptors (Lipinski definition) is 1. The molecule has 16 heavy (non-hydrogen) atoms. The number of nitrogens with zero attached hydrogens (tertiary/aromatic N) is 1. The van der Waals surface area contributed by atoms with Crippen LogP contribution in [0.15, 0.2) is 49.2 Å². The Labute approximate surface area is 96.5 Å². The van der Waals surface area contributed by atoms with Crippen LogP contribution in [0.2, 0.25) is 0 Å². The first-order valence-corrected chi connectivity index (χ1v) is 5.51. The fourth-order valence-corrected chi connectivity index (χ4v) is 1.61. The Morgan fingerprint density at radius 2 is 1.88 bits per heavy atom. The van der Waals surface area contributed by atoms with Crippen molar-refractivity contribution in [2.75, 3.05) is 0 Å². The van der Waals surface area contributed by atoms with Gasteiger partial charge in [-0.05, 0) is 23.6 Å². The van der Waals surface area contributed by atoms with Crippen LogP contribution >= 0.6 is 0 Å². The Morgan fingerprint density at radius 3 is 2.38 bits per heavy atom. The van der Waals surface area contributed by atoms with Gasteiger partial charge in [0.2, 0.25) is 0 Å². The second-order valence-corrected chi connectivity index (χ2v) is 3.73. The third-order valence-corrected chi connectivity index (χ3v) is 2.68. The molecular weight excluding hydrogens is 194 g/mol. The molecule has 2 aromatic rings. The standard InChI is InChI=1S/C15H15N/c1-3-12-5-8-14(9-6-12)15-10-7-13(4-2)11-16-15/h4-11H,2-3H2,1H3. The number of benzene rings is 1. The van der Waals surface area contributed by atoms with Crippen molar-refractivity contribution in [2.24, 2.45) is 0 Å². The molecule has 0 atom stereocenters. The maximum atomic E-state index is 4.40. The lowest BCUT2D eigenvalue weighted by molar-refractivity contribution is 1.14. The lowest BCUT2D eigenvalue weighted by Gasteiger charge is -2.02. The van der Waals surface area contributed by atoms with Crippen LogP contribution in [0, 0.1) is 0 Å². The molecule has 0 aliphatic rings. The van der Waals surface area contributed by atoms with Crippen molar-refractivity contribution >= 4 is 6.08 Å². The molecule has 0 aliphatic heterocycles. The molecule has 80 valence electrons. The van der Waals surface area contributed by atoms with Crippen molar-refractivity contribution in [1.82, 2.24) is 4.98 Å². The third-order valence-electron chi connectivity index (χ3n) is 2.68. The summed E-state index contributed by atoms with van der Waals surface area (Å²) in [6, 6.07) is 12.6. The lowest BCUT2D eigenvalue weighted by atomic mass is 10.1. The van der Waals surface area contributed by atoms with Crippen molar-refractivity contribution in [1.29, 1.82) is 0 Å². The van der Waals surface area contributed by atoms with Crippen molar-refractivity contribution < 1.29 is 0 Å². The highest BCUT2D eigenvalue weighted by molar-refractivity contribution is 5.61. The molecular formula is C15H15N. The van der Waals surface area contributed by atoms with E-state index in [-0.39, 0.29) is 0 Å². The van der Waals surface area contributed by atoms with Gasteiger partial charge in [-0.2, -0.15) is 0 Å². The molecule has 0 unspecified atom stereocenters. The van der Waals surface area contributed by atoms with Gasteiger partial charge in [0.05, 0.1) is 5.69 Å². The van der Waals surface area contributed by atoms with E-state index in [1.165, 1.54) is 5.56 Å². The van der Waals surface area contributed by atoms with Gasteiger partial charge in [0, 0.05) is 11.8 Å². The fraction of sp³-hybridized carbons (Fsp3) is 0.133. The van der Waals surface area contributed by atoms with Gasteiger partial charge in [-0.1, -0.05) is 49.9 Å². The predicted molar refractivity (Wildman–Crippen MR) is 69.1 cm³/mol. The van der Waals surface area contributed by atoms with E-state index in [0.717, 1.165) is 23.2 Å². The van der Waals surface area contributed by atoms with Gasteiger partial charge in [-0.15, -0.1) is 0 Å². The van der Waals surface area contributed by atoms with E-state index in [2.05, 4.69) is 42.8 Å². The summed E-state index contributed by atoms with van der Waals surface area (Å²) in [5, 5.41) is 0. The fourth-order valence-electron chi connectivity index (χ4n) is 1.61. The summed E-state index contributed by atoms with van der Waals surface area (Å²) in [6.07, 6.45) is 4.72. The summed E-state index contributed by atoms with van der Waals surface area (Å²) in [5.41, 5.74) is 4.57. The third kappa shape index (κ3) is 2.19. The van der Waals surface area contributed by atoms with Crippen LogP contribution in [0.3, 0.4) is 0 Å². The topological polar surface area (TPSA) is 12.9 Å². The number of aromatic nitrogens is 1. The first-order chi connectivity index (χ1) is 7.83. The smallest absolute Gasteiger partial charge is 0.0702 e. The summed E-state index contributed by atoms with van der Waals surface area (Å²) >= 11 is 0. The number of aryl methyl sites for hydroxylation is 1. The van der Waals surface area contributed by atoms with Gasteiger partial charge in [0.15, 0.2) is 0 Å². The zero-order valence-electron chi connectivity index (χ0n) is 9.48. The van der Waals surface area contributed by atoms with Crippen LogP contribution in [0.4, 0.5) is 0 Å². The molecule has 0 radical (unpaired) electrons. The van der Waals surface area contributed by atoms with Gasteiger partial charge >= 0.3 is 0 Å². The lowest BCUT2D eigenvalue weighted by Crippen LogP contribution is -1.85. The molecule has 0 N–H and O–H groups in total. The predicted octanol–water partition coefficient (Wildman–Crippen LogP) is 3.95. The molecule has 0 saturated heterocycles. The molecule has 0 bridgehead atoms. The van der Waals surface area contributed by atoms with E-state index in [1.54, 1.807) is 6.08 Å². The molecule has 0 saturated carbocycles. The highest BCUT2D eigenvalue weighted by Crippen LogP contribution is 2.18. The maximum Gasteiger partial charge on any atom is 0.0702 e. The van der Waals surface area contributed by atoms with Crippen LogP contribution in [0.5, 0.6) is 0 Å². The van der Waals surface area contributed by atoms with Crippen LogP contribution in [0.1, 0.15) is 18.1 Å². The zero-order chi connectivity index (χ0) is 11.4. The summed E-state index contributed by atoms with van der Waals surface area (Å²) in [7, 11) is 0. The normalized spacial score (nSPS) is 10.1. The highest BCUT2D eigenvalue weighted by atomic mass is 14.7. The molecule has 1 nitrogen and oxygen atoms in total. The molecule has 0 aliphatic carbocycles. The van der Waals surface area contributed by atoms with Gasteiger partial charge in [0.25, 0.3) is 0 Å². The molecule has 1 aromatic heterocycles. The molecule has 0 amide bonds. The van der Waals surface area contributed by atoms with Gasteiger partial charge in [-0.3, -0.25) is 4.98 Å². The molecule has 2 rings (SSSR count). The monoisotopic (exact) mass is 209 g/mol. The van der Waals surface area contributed by atoms with Crippen molar-refractivity contribution in [3.63, 3.8) is 0 Å². The number of hydrogen-bond donors (Lipinski definition) is 0. The minimum absolute atomic E-state index is 1.01. The van der Waals surface area contributed by atoms with E-state index < -0.39 is 0 Å². The Kier molecular flexibility index (Phi) is 3.16. The van der Waals surface area contributed by atoms with Crippen LogP contribution in [-0.4, -0.2) is 4.98 Å². The van der Waals surface area contributed by atoms with E-state index in [4.69, 9.17) is 0 Å². The summed E-state index contributed by atoms with van der Waals surface area (Å²) in [6.45, 7) is 5.87. The first-order valence-electron chi connectivity index (χ1n) is 5.51. The largest absolute Gasteiger partial charge is 0.256 e. The van der Waals surface area contributed by atoms with E-state index >= 15 is 0 Å². The molecule has 0 spiro atoms. The molecule has 1 heterocycles. The van der Waals surface area contributed by atoms with Crippen molar-refractivity contribution in [2.45, 2.75) is 13.3 Å². The second kappa shape index (κ2) is 4.75. The van der Waals surface area contributed by atoms with E-state index in [9.17, 15) is 0 Å². The van der Waals surface area contributed by atoms with Crippen LogP contribution in [-0.2, 0) is 6.42 Å². The van der Waals surface area contributed by atoms with Gasteiger partial charge in [0.1, 0.15) is 0 Å². The summed E-state index contributed by atoms with van der Waals surface area (Å²) in [5.74, 6) is 0. The van der Waals surface area contributed by atoms with Gasteiger partial charge < -0.3 is 0 Å². The van der Waals surface area contributed by atoms with Crippen LogP contribution < -0.4 is 0 Å². The Balaban J connectivity index is 2.31. The average molecular weight is 209 g/mol. The number of rotatable bonds is 3. The minimum atomic E-state index is 1.01. The maximum absolute atomic E-state index is 4.40. The van der Waals surface area contributed by atoms with Crippen LogP contribution in [0.25, 0.3) is 17.3 Å². The molecule has 1 heteroatoms. The first kappa shape index (κ1) is 10.6. The Bertz CT molecular complexity index is 466. The summed E-state index contributed by atoms with van der Waals surface area (Å²) < 4.78 is 0. The Morgan fingerprint density at radius 1 is 1.12 bits per heavy atom. The second-order valence-electron chi connectivity index (χ2n) is 3.73. The number of pyridine rings is 1. The Hall–Kier alpha value is -1.89. The molecule has 0 fully saturated rings. The molecule has 1 aromatic carbocycles.